The Kier molecular flexibility index (Phi) is 8.58. The highest BCUT2D eigenvalue weighted by atomic mass is 16.6. The van der Waals surface area contributed by atoms with Crippen LogP contribution in [0.1, 0.15) is 91.4 Å². The minimum Gasteiger partial charge on any atom is -0.462 e. The number of nitrogens with one attached hydrogen (secondary N) is 1. The van der Waals surface area contributed by atoms with E-state index in [1.807, 2.05) is 0 Å². The van der Waals surface area contributed by atoms with Gasteiger partial charge in [-0.1, -0.05) is 12.8 Å². The van der Waals surface area contributed by atoms with Gasteiger partial charge in [0.25, 0.3) is 0 Å². The average molecular weight is 398 g/mol. The van der Waals surface area contributed by atoms with Gasteiger partial charge >= 0.3 is 18.0 Å². The Balaban J connectivity index is 1.94. The molecule has 2 rings (SSSR count). The van der Waals surface area contributed by atoms with Gasteiger partial charge < -0.3 is 19.5 Å². The summed E-state index contributed by atoms with van der Waals surface area (Å²) in [6.07, 6.45) is 8.51. The van der Waals surface area contributed by atoms with E-state index in [0.29, 0.717) is 0 Å². The number of alkyl carbamates (subject to hydrolysis) is 1. The Hall–Kier alpha value is -1.79. The molecule has 0 unspecified atom stereocenters. The van der Waals surface area contributed by atoms with Crippen LogP contribution in [0.3, 0.4) is 0 Å². The first-order valence-electron chi connectivity index (χ1n) is 10.6. The van der Waals surface area contributed by atoms with E-state index in [-0.39, 0.29) is 18.6 Å². The van der Waals surface area contributed by atoms with E-state index in [0.717, 1.165) is 64.2 Å². The predicted octanol–water partition coefficient (Wildman–Crippen LogP) is 4.02. The summed E-state index contributed by atoms with van der Waals surface area (Å²) in [6.45, 7) is 5.21. The van der Waals surface area contributed by atoms with E-state index in [1.54, 1.807) is 20.8 Å². The molecule has 2 aliphatic carbocycles. The van der Waals surface area contributed by atoms with Gasteiger partial charge in [-0.2, -0.15) is 0 Å². The van der Waals surface area contributed by atoms with Crippen molar-refractivity contribution in [2.45, 2.75) is 115 Å². The van der Waals surface area contributed by atoms with Gasteiger partial charge in [-0.25, -0.2) is 9.59 Å². The largest absolute Gasteiger partial charge is 0.462 e. The number of carbonyl (C=O) groups is 3. The SMILES string of the molecule is CC(C)(C)OC(=O)N[C@@H](CC(=O)OC1CCCCC1)C(=O)OC1CCCCC1. The molecule has 0 aliphatic heterocycles. The second-order valence-corrected chi connectivity index (χ2v) is 8.85. The normalized spacial score (nSPS) is 20.1. The van der Waals surface area contributed by atoms with Gasteiger partial charge in [0.05, 0.1) is 6.42 Å². The number of rotatable bonds is 6. The fourth-order valence-electron chi connectivity index (χ4n) is 3.66. The summed E-state index contributed by atoms with van der Waals surface area (Å²) < 4.78 is 16.3. The molecule has 0 aromatic rings. The summed E-state index contributed by atoms with van der Waals surface area (Å²) in [7, 11) is 0. The highest BCUT2D eigenvalue weighted by molar-refractivity contribution is 5.86. The summed E-state index contributed by atoms with van der Waals surface area (Å²) in [5.74, 6) is -1.09. The third kappa shape index (κ3) is 8.48. The number of esters is 2. The van der Waals surface area contributed by atoms with Crippen molar-refractivity contribution < 1.29 is 28.6 Å². The lowest BCUT2D eigenvalue weighted by Crippen LogP contribution is -2.46. The van der Waals surface area contributed by atoms with Gasteiger partial charge in [0, 0.05) is 0 Å². The minimum absolute atomic E-state index is 0.0993. The van der Waals surface area contributed by atoms with E-state index in [2.05, 4.69) is 5.32 Å². The monoisotopic (exact) mass is 397 g/mol. The van der Waals surface area contributed by atoms with E-state index in [4.69, 9.17) is 14.2 Å². The lowest BCUT2D eigenvalue weighted by molar-refractivity contribution is -0.160. The van der Waals surface area contributed by atoms with Crippen molar-refractivity contribution in [1.82, 2.24) is 5.32 Å². The highest BCUT2D eigenvalue weighted by Gasteiger charge is 2.31. The molecule has 0 aromatic heterocycles. The van der Waals surface area contributed by atoms with Crippen LogP contribution in [0, 0.1) is 0 Å². The molecule has 0 heterocycles. The van der Waals surface area contributed by atoms with Gasteiger partial charge in [0.1, 0.15) is 23.9 Å². The van der Waals surface area contributed by atoms with E-state index < -0.39 is 29.7 Å². The molecule has 0 aromatic carbocycles. The Morgan fingerprint density at radius 3 is 1.86 bits per heavy atom. The van der Waals surface area contributed by atoms with Crippen molar-refractivity contribution in [2.75, 3.05) is 0 Å². The first kappa shape index (κ1) is 22.5. The van der Waals surface area contributed by atoms with Gasteiger partial charge in [-0.05, 0) is 72.1 Å². The van der Waals surface area contributed by atoms with Crippen molar-refractivity contribution in [1.29, 1.82) is 0 Å². The number of carbonyl (C=O) groups excluding carboxylic acids is 3. The van der Waals surface area contributed by atoms with Crippen LogP contribution in [-0.2, 0) is 23.8 Å². The van der Waals surface area contributed by atoms with Gasteiger partial charge in [-0.15, -0.1) is 0 Å². The van der Waals surface area contributed by atoms with E-state index in [1.165, 1.54) is 0 Å². The smallest absolute Gasteiger partial charge is 0.408 e. The zero-order valence-electron chi connectivity index (χ0n) is 17.5. The molecule has 0 radical (unpaired) electrons. The van der Waals surface area contributed by atoms with Crippen molar-refractivity contribution in [2.24, 2.45) is 0 Å². The molecule has 160 valence electrons. The summed E-state index contributed by atoms with van der Waals surface area (Å²) in [4.78, 5) is 37.1. The molecular formula is C21H35NO6. The molecule has 1 amide bonds. The molecule has 2 fully saturated rings. The van der Waals surface area contributed by atoms with Crippen molar-refractivity contribution in [3.8, 4) is 0 Å². The van der Waals surface area contributed by atoms with Crippen molar-refractivity contribution in [3.05, 3.63) is 0 Å². The zero-order valence-corrected chi connectivity index (χ0v) is 17.5. The van der Waals surface area contributed by atoms with Gasteiger partial charge in [0.15, 0.2) is 0 Å². The van der Waals surface area contributed by atoms with Crippen LogP contribution in [0.2, 0.25) is 0 Å². The van der Waals surface area contributed by atoms with Gasteiger partial charge in [-0.3, -0.25) is 4.79 Å². The van der Waals surface area contributed by atoms with Crippen LogP contribution in [0.4, 0.5) is 4.79 Å². The predicted molar refractivity (Wildman–Crippen MR) is 104 cm³/mol. The zero-order chi connectivity index (χ0) is 20.6. The molecule has 1 N–H and O–H groups in total. The fourth-order valence-corrected chi connectivity index (χ4v) is 3.66. The Morgan fingerprint density at radius 1 is 0.857 bits per heavy atom. The average Bonchev–Trinajstić information content (AvgIpc) is 2.61. The third-order valence-electron chi connectivity index (χ3n) is 5.03. The molecule has 28 heavy (non-hydrogen) atoms. The second-order valence-electron chi connectivity index (χ2n) is 8.85. The number of amides is 1. The molecule has 2 saturated carbocycles. The second kappa shape index (κ2) is 10.7. The van der Waals surface area contributed by atoms with Crippen LogP contribution in [0.5, 0.6) is 0 Å². The lowest BCUT2D eigenvalue weighted by Gasteiger charge is -2.27. The Bertz CT molecular complexity index is 530. The quantitative estimate of drug-likeness (QED) is 0.538. The maximum absolute atomic E-state index is 12.6. The number of hydrogen-bond acceptors (Lipinski definition) is 6. The number of hydrogen-bond donors (Lipinski definition) is 1. The maximum atomic E-state index is 12.6. The van der Waals surface area contributed by atoms with Crippen LogP contribution < -0.4 is 5.32 Å². The van der Waals surface area contributed by atoms with Crippen LogP contribution in [0.15, 0.2) is 0 Å². The van der Waals surface area contributed by atoms with Crippen molar-refractivity contribution >= 4 is 18.0 Å². The molecule has 7 heteroatoms. The molecule has 0 bridgehead atoms. The van der Waals surface area contributed by atoms with Crippen molar-refractivity contribution in [3.63, 3.8) is 0 Å². The summed E-state index contributed by atoms with van der Waals surface area (Å²) in [5, 5.41) is 2.49. The van der Waals surface area contributed by atoms with E-state index in [9.17, 15) is 14.4 Å². The van der Waals surface area contributed by atoms with E-state index >= 15 is 0 Å². The first-order valence-corrected chi connectivity index (χ1v) is 10.6. The highest BCUT2D eigenvalue weighted by Crippen LogP contribution is 2.22. The Morgan fingerprint density at radius 2 is 1.36 bits per heavy atom. The van der Waals surface area contributed by atoms with Gasteiger partial charge in [0.2, 0.25) is 0 Å². The topological polar surface area (TPSA) is 90.9 Å². The van der Waals surface area contributed by atoms with Crippen LogP contribution in [-0.4, -0.2) is 41.9 Å². The Labute approximate surface area is 167 Å². The first-order chi connectivity index (χ1) is 13.2. The van der Waals surface area contributed by atoms with Crippen LogP contribution in [0.25, 0.3) is 0 Å². The molecular weight excluding hydrogens is 362 g/mol. The third-order valence-corrected chi connectivity index (χ3v) is 5.03. The standard InChI is InChI=1S/C21H35NO6/c1-21(2,3)28-20(25)22-17(19(24)27-16-12-8-5-9-13-16)14-18(23)26-15-10-6-4-7-11-15/h15-17H,4-14H2,1-3H3,(H,22,25)/t17-/m0/s1. The molecule has 0 saturated heterocycles. The molecule has 0 spiro atoms. The summed E-state index contributed by atoms with van der Waals surface area (Å²) in [5.41, 5.74) is -0.704. The lowest BCUT2D eigenvalue weighted by atomic mass is 9.97. The maximum Gasteiger partial charge on any atom is 0.408 e. The molecule has 1 atom stereocenters. The summed E-state index contributed by atoms with van der Waals surface area (Å²) in [6, 6.07) is -1.10. The molecule has 7 nitrogen and oxygen atoms in total. The number of ether oxygens (including phenoxy) is 3. The minimum atomic E-state index is -1.10. The van der Waals surface area contributed by atoms with Crippen LogP contribution >= 0.6 is 0 Å². The molecule has 2 aliphatic rings. The fraction of sp³-hybridized carbons (Fsp3) is 0.857. The summed E-state index contributed by atoms with van der Waals surface area (Å²) >= 11 is 0.